The van der Waals surface area contributed by atoms with Gasteiger partial charge in [0.25, 0.3) is 0 Å². The summed E-state index contributed by atoms with van der Waals surface area (Å²) in [7, 11) is 0. The fourth-order valence-corrected chi connectivity index (χ4v) is 0. The zero-order valence-corrected chi connectivity index (χ0v) is 8.13. The lowest BCUT2D eigenvalue weighted by atomic mass is 10.6. The van der Waals surface area contributed by atoms with Crippen molar-refractivity contribution in [1.82, 2.24) is 0 Å². The minimum Gasteiger partial charge on any atom is -0.550 e. The number of hydrogen-bond donors (Lipinski definition) is 0. The maximum atomic E-state index is 9.44. The van der Waals surface area contributed by atoms with Gasteiger partial charge in [0.05, 0.1) is 0 Å². The van der Waals surface area contributed by atoms with E-state index < -0.39 is 5.97 Å². The van der Waals surface area contributed by atoms with Crippen molar-refractivity contribution in [1.29, 1.82) is 0 Å². The molecule has 0 unspecified atom stereocenters. The van der Waals surface area contributed by atoms with E-state index in [2.05, 4.69) is 0 Å². The molecule has 0 N–H and O–H groups in total. The Morgan fingerprint density at radius 2 is 0.750 bits per heavy atom. The lowest BCUT2D eigenvalue weighted by Crippen LogP contribution is -2.16. The predicted molar refractivity (Wildman–Crippen MR) is 43.4 cm³/mol. The third kappa shape index (κ3) is 379. The molecule has 0 fully saturated rings. The molecule has 0 aromatic rings. The molecule has 0 aliphatic heterocycles. The van der Waals surface area contributed by atoms with Gasteiger partial charge in [-0.1, -0.05) is 0 Å². The summed E-state index contributed by atoms with van der Waals surface area (Å²) in [6, 6.07) is 0. The molecule has 0 radical (unpaired) electrons. The number of carbonyl (C=O) groups excluding carboxylic acids is 3. The second-order valence-electron chi connectivity index (χ2n) is 2.31. The number of aliphatic carboxylic acids is 1. The van der Waals surface area contributed by atoms with Gasteiger partial charge < -0.3 is 19.5 Å². The first-order valence-electron chi connectivity index (χ1n) is 3.32. The standard InChI is InChI=1S/2C3H6O.C2H4O2/c2*1-3(2)4;1-2(3)4/h2*1-2H3;1H3,(H,3,4)/p-1. The van der Waals surface area contributed by atoms with Crippen LogP contribution in [0.15, 0.2) is 0 Å². The van der Waals surface area contributed by atoms with Crippen LogP contribution in [0.4, 0.5) is 0 Å². The van der Waals surface area contributed by atoms with Crippen molar-refractivity contribution in [3.8, 4) is 0 Å². The SMILES string of the molecule is CC(=O)[O-].CC(C)=O.CC(C)=O. The molecule has 0 bridgehead atoms. The van der Waals surface area contributed by atoms with Crippen molar-refractivity contribution in [2.75, 3.05) is 0 Å². The highest BCUT2D eigenvalue weighted by molar-refractivity contribution is 5.72. The fraction of sp³-hybridized carbons (Fsp3) is 0.625. The summed E-state index contributed by atoms with van der Waals surface area (Å²) < 4.78 is 0. The van der Waals surface area contributed by atoms with Crippen molar-refractivity contribution in [3.05, 3.63) is 0 Å². The molecular weight excluding hydrogens is 160 g/mol. The van der Waals surface area contributed by atoms with Gasteiger partial charge in [-0.2, -0.15) is 0 Å². The average molecular weight is 175 g/mol. The summed E-state index contributed by atoms with van der Waals surface area (Å²) in [5, 5.41) is 8.89. The van der Waals surface area contributed by atoms with Crippen LogP contribution in [0, 0.1) is 0 Å². The van der Waals surface area contributed by atoms with E-state index in [0.29, 0.717) is 0 Å². The van der Waals surface area contributed by atoms with Crippen LogP contribution in [0.5, 0.6) is 0 Å². The van der Waals surface area contributed by atoms with Gasteiger partial charge >= 0.3 is 0 Å². The zero-order chi connectivity index (χ0) is 10.7. The van der Waals surface area contributed by atoms with Gasteiger partial charge in [-0.05, 0) is 34.6 Å². The Morgan fingerprint density at radius 1 is 0.750 bits per heavy atom. The van der Waals surface area contributed by atoms with Crippen LogP contribution in [0.1, 0.15) is 34.6 Å². The van der Waals surface area contributed by atoms with Gasteiger partial charge in [-0.15, -0.1) is 0 Å². The highest BCUT2D eigenvalue weighted by Gasteiger charge is 1.62. The maximum absolute atomic E-state index is 9.44. The van der Waals surface area contributed by atoms with Gasteiger partial charge in [0, 0.05) is 5.97 Å². The minimum absolute atomic E-state index is 0.167. The Kier molecular flexibility index (Phi) is 17.7. The number of hydrogen-bond acceptors (Lipinski definition) is 4. The summed E-state index contributed by atoms with van der Waals surface area (Å²) in [6.07, 6.45) is 0. The van der Waals surface area contributed by atoms with Gasteiger partial charge in [0.2, 0.25) is 0 Å². The molecule has 0 atom stereocenters. The van der Waals surface area contributed by atoms with E-state index in [-0.39, 0.29) is 11.6 Å². The molecule has 0 spiro atoms. The van der Waals surface area contributed by atoms with Crippen LogP contribution < -0.4 is 5.11 Å². The van der Waals surface area contributed by atoms with Crippen molar-refractivity contribution in [2.45, 2.75) is 34.6 Å². The van der Waals surface area contributed by atoms with Crippen LogP contribution in [0.25, 0.3) is 0 Å². The van der Waals surface area contributed by atoms with E-state index in [1.807, 2.05) is 0 Å². The number of Topliss-reactive ketones (excluding diaryl/α,β-unsaturated/α-hetero) is 2. The van der Waals surface area contributed by atoms with E-state index in [9.17, 15) is 9.59 Å². The molecule has 0 saturated heterocycles. The monoisotopic (exact) mass is 175 g/mol. The molecule has 4 nitrogen and oxygen atoms in total. The summed E-state index contributed by atoms with van der Waals surface area (Å²) in [6.45, 7) is 7.08. The first kappa shape index (κ1) is 17.1. The average Bonchev–Trinajstić information content (AvgIpc) is 1.54. The lowest BCUT2D eigenvalue weighted by Gasteiger charge is -1.77. The first-order chi connectivity index (χ1) is 5.20. The predicted octanol–water partition coefficient (Wildman–Crippen LogP) is -0.0532. The number of ketones is 2. The quantitative estimate of drug-likeness (QED) is 0.517. The first-order valence-corrected chi connectivity index (χ1v) is 3.32. The van der Waals surface area contributed by atoms with E-state index in [0.717, 1.165) is 6.92 Å². The minimum atomic E-state index is -1.08. The molecule has 0 aromatic carbocycles. The van der Waals surface area contributed by atoms with Gasteiger partial charge in [0.15, 0.2) is 0 Å². The number of carbonyl (C=O) groups is 3. The van der Waals surface area contributed by atoms with Crippen LogP contribution in [-0.4, -0.2) is 17.5 Å². The van der Waals surface area contributed by atoms with Crippen molar-refractivity contribution in [2.24, 2.45) is 0 Å². The number of carboxylic acids is 1. The second kappa shape index (κ2) is 12.5. The molecule has 0 aromatic heterocycles. The number of carboxylic acid groups (broad SMARTS) is 1. The third-order valence-corrected chi connectivity index (χ3v) is 0. The van der Waals surface area contributed by atoms with Crippen LogP contribution >= 0.6 is 0 Å². The smallest absolute Gasteiger partial charge is 0.126 e. The van der Waals surface area contributed by atoms with Crippen molar-refractivity contribution < 1.29 is 19.5 Å². The zero-order valence-electron chi connectivity index (χ0n) is 8.13. The molecule has 12 heavy (non-hydrogen) atoms. The summed E-state index contributed by atoms with van der Waals surface area (Å²) >= 11 is 0. The van der Waals surface area contributed by atoms with E-state index >= 15 is 0 Å². The molecule has 0 amide bonds. The van der Waals surface area contributed by atoms with Gasteiger partial charge in [0.1, 0.15) is 11.6 Å². The highest BCUT2D eigenvalue weighted by Crippen LogP contribution is 1.50. The highest BCUT2D eigenvalue weighted by atomic mass is 16.4. The Balaban J connectivity index is -0.000000101. The molecule has 0 saturated carbocycles. The summed E-state index contributed by atoms with van der Waals surface area (Å²) in [4.78, 5) is 27.8. The van der Waals surface area contributed by atoms with Crippen molar-refractivity contribution in [3.63, 3.8) is 0 Å². The molecule has 4 heteroatoms. The fourth-order valence-electron chi connectivity index (χ4n) is 0. The normalized spacial score (nSPS) is 6.42. The van der Waals surface area contributed by atoms with Crippen LogP contribution in [0.3, 0.4) is 0 Å². The number of rotatable bonds is 0. The second-order valence-corrected chi connectivity index (χ2v) is 2.31. The van der Waals surface area contributed by atoms with E-state index in [1.165, 1.54) is 27.7 Å². The Labute approximate surface area is 72.6 Å². The third-order valence-electron chi connectivity index (χ3n) is 0. The maximum Gasteiger partial charge on any atom is 0.126 e. The van der Waals surface area contributed by atoms with E-state index in [1.54, 1.807) is 0 Å². The molecule has 0 aliphatic carbocycles. The summed E-state index contributed by atoms with van der Waals surface area (Å²) in [5.74, 6) is -0.750. The molecule has 72 valence electrons. The van der Waals surface area contributed by atoms with Gasteiger partial charge in [-0.3, -0.25) is 0 Å². The Bertz CT molecular complexity index is 109. The largest absolute Gasteiger partial charge is 0.550 e. The van der Waals surface area contributed by atoms with Crippen LogP contribution in [-0.2, 0) is 14.4 Å². The van der Waals surface area contributed by atoms with Gasteiger partial charge in [-0.25, -0.2) is 0 Å². The Morgan fingerprint density at radius 3 is 0.750 bits per heavy atom. The Hall–Kier alpha value is -1.19. The molecule has 0 heterocycles. The van der Waals surface area contributed by atoms with Crippen molar-refractivity contribution >= 4 is 17.5 Å². The topological polar surface area (TPSA) is 74.3 Å². The van der Waals surface area contributed by atoms with E-state index in [4.69, 9.17) is 9.90 Å². The summed E-state index contributed by atoms with van der Waals surface area (Å²) in [5.41, 5.74) is 0. The van der Waals surface area contributed by atoms with Crippen LogP contribution in [0.2, 0.25) is 0 Å². The molecule has 0 aliphatic rings. The molecular formula is C8H15O4-. The molecule has 0 rings (SSSR count). The lowest BCUT2D eigenvalue weighted by molar-refractivity contribution is -0.302.